The molecule has 2 N–H and O–H groups in total. The van der Waals surface area contributed by atoms with E-state index < -0.39 is 11.4 Å². The summed E-state index contributed by atoms with van der Waals surface area (Å²) < 4.78 is 11.5. The number of ether oxygens (including phenoxy) is 2. The van der Waals surface area contributed by atoms with Crippen LogP contribution in [0.3, 0.4) is 0 Å². The van der Waals surface area contributed by atoms with E-state index >= 15 is 0 Å². The van der Waals surface area contributed by atoms with Gasteiger partial charge < -0.3 is 24.5 Å². The summed E-state index contributed by atoms with van der Waals surface area (Å²) in [5.74, 6) is -0.603. The number of nitrogens with one attached hydrogen (secondary N) is 1. The predicted molar refractivity (Wildman–Crippen MR) is 164 cm³/mol. The molecule has 2 aliphatic rings. The van der Waals surface area contributed by atoms with Crippen LogP contribution in [0.4, 0.5) is 0 Å². The number of carbonyl (C=O) groups is 2. The highest BCUT2D eigenvalue weighted by Gasteiger charge is 2.39. The van der Waals surface area contributed by atoms with E-state index in [2.05, 4.69) is 9.97 Å². The maximum absolute atomic E-state index is 12.8. The van der Waals surface area contributed by atoms with Gasteiger partial charge in [-0.3, -0.25) is 9.59 Å². The SMILES string of the molecule is CC(C)(C(=O)O)C1CCC(Oc2nc3nc(-c4ccc(-c5ccc(C(=O)N6CCOCC6)cc5)cc4)c(Cl)cc3[nH]2)CC1. The number of imidazole rings is 1. The number of H-pyrrole nitrogens is 1. The molecule has 1 aliphatic heterocycles. The minimum Gasteiger partial charge on any atom is -0.481 e. The van der Waals surface area contributed by atoms with Crippen molar-refractivity contribution in [2.24, 2.45) is 11.3 Å². The third-order valence-electron chi connectivity index (χ3n) is 8.85. The Balaban J connectivity index is 1.12. The number of amides is 1. The second-order valence-electron chi connectivity index (χ2n) is 11.9. The molecule has 0 unspecified atom stereocenters. The van der Waals surface area contributed by atoms with Gasteiger partial charge in [-0.2, -0.15) is 4.98 Å². The van der Waals surface area contributed by atoms with E-state index in [1.807, 2.05) is 59.5 Å². The number of carbonyl (C=O) groups excluding carboxylic acids is 1. The summed E-state index contributed by atoms with van der Waals surface area (Å²) in [5, 5.41) is 10.1. The minimum atomic E-state index is -0.756. The van der Waals surface area contributed by atoms with Crippen molar-refractivity contribution in [3.8, 4) is 28.4 Å². The number of carboxylic acid groups (broad SMARTS) is 1. The lowest BCUT2D eigenvalue weighted by molar-refractivity contribution is -0.151. The lowest BCUT2D eigenvalue weighted by Gasteiger charge is -2.36. The fraction of sp³-hybridized carbons (Fsp3) is 0.394. The van der Waals surface area contributed by atoms with E-state index in [-0.39, 0.29) is 17.9 Å². The van der Waals surface area contributed by atoms with Gasteiger partial charge in [-0.1, -0.05) is 48.0 Å². The summed E-state index contributed by atoms with van der Waals surface area (Å²) in [5.41, 5.74) is 4.64. The fourth-order valence-corrected chi connectivity index (χ4v) is 6.22. The molecule has 0 bridgehead atoms. The molecule has 0 atom stereocenters. The van der Waals surface area contributed by atoms with E-state index in [0.29, 0.717) is 59.8 Å². The van der Waals surface area contributed by atoms with Crippen LogP contribution in [0.25, 0.3) is 33.5 Å². The third kappa shape index (κ3) is 6.10. The molecule has 43 heavy (non-hydrogen) atoms. The predicted octanol–water partition coefficient (Wildman–Crippen LogP) is 6.47. The summed E-state index contributed by atoms with van der Waals surface area (Å²) >= 11 is 6.65. The Labute approximate surface area is 255 Å². The molecule has 3 heterocycles. The van der Waals surface area contributed by atoms with Crippen LogP contribution in [0.15, 0.2) is 54.6 Å². The van der Waals surface area contributed by atoms with Crippen molar-refractivity contribution in [2.75, 3.05) is 26.3 Å². The van der Waals surface area contributed by atoms with Gasteiger partial charge in [-0.15, -0.1) is 0 Å². The standard InChI is InChI=1S/C33H35ClN4O5/c1-33(2,31(40)41)24-11-13-25(14-12-24)43-32-35-27-19-26(34)28(36-29(27)37-32)22-7-3-20(4-8-22)21-5-9-23(10-6-21)30(39)38-15-17-42-18-16-38/h3-10,19,24-25H,11-18H2,1-2H3,(H,40,41)(H,35,36,37). The zero-order valence-electron chi connectivity index (χ0n) is 24.3. The highest BCUT2D eigenvalue weighted by molar-refractivity contribution is 6.33. The van der Waals surface area contributed by atoms with Crippen LogP contribution in [0.2, 0.25) is 5.02 Å². The number of aromatic nitrogens is 3. The number of hydrogen-bond donors (Lipinski definition) is 2. The zero-order valence-corrected chi connectivity index (χ0v) is 25.1. The molecular formula is C33H35ClN4O5. The molecule has 4 aromatic rings. The molecule has 6 rings (SSSR count). The molecule has 0 spiro atoms. The van der Waals surface area contributed by atoms with Crippen LogP contribution >= 0.6 is 11.6 Å². The second kappa shape index (κ2) is 12.0. The van der Waals surface area contributed by atoms with E-state index in [9.17, 15) is 14.7 Å². The monoisotopic (exact) mass is 602 g/mol. The number of aromatic amines is 1. The maximum atomic E-state index is 12.8. The first-order valence-corrected chi connectivity index (χ1v) is 15.1. The van der Waals surface area contributed by atoms with Gasteiger partial charge in [0.15, 0.2) is 5.65 Å². The van der Waals surface area contributed by atoms with E-state index in [0.717, 1.165) is 42.4 Å². The van der Waals surface area contributed by atoms with Crippen molar-refractivity contribution in [3.05, 3.63) is 65.2 Å². The van der Waals surface area contributed by atoms with E-state index in [1.165, 1.54) is 0 Å². The van der Waals surface area contributed by atoms with Crippen molar-refractivity contribution < 1.29 is 24.2 Å². The lowest BCUT2D eigenvalue weighted by atomic mass is 9.70. The normalized spacial score (nSPS) is 19.4. The van der Waals surface area contributed by atoms with Gasteiger partial charge in [0.25, 0.3) is 11.9 Å². The average Bonchev–Trinajstić information content (AvgIpc) is 3.42. The fourth-order valence-electron chi connectivity index (χ4n) is 5.96. The van der Waals surface area contributed by atoms with Gasteiger partial charge >= 0.3 is 5.97 Å². The van der Waals surface area contributed by atoms with Gasteiger partial charge in [0, 0.05) is 24.2 Å². The molecular weight excluding hydrogens is 568 g/mol. The summed E-state index contributed by atoms with van der Waals surface area (Å²) in [4.78, 5) is 38.7. The molecule has 1 aliphatic carbocycles. The molecule has 10 heteroatoms. The Morgan fingerprint density at radius 2 is 1.56 bits per heavy atom. The Hall–Kier alpha value is -3.95. The number of benzene rings is 2. The first-order chi connectivity index (χ1) is 20.7. The Morgan fingerprint density at radius 1 is 0.953 bits per heavy atom. The molecule has 2 fully saturated rings. The first kappa shape index (κ1) is 29.1. The van der Waals surface area contributed by atoms with Crippen molar-refractivity contribution in [3.63, 3.8) is 0 Å². The molecule has 2 aromatic heterocycles. The molecule has 0 radical (unpaired) electrons. The number of morpholine rings is 1. The van der Waals surface area contributed by atoms with Crippen LogP contribution in [0.1, 0.15) is 49.9 Å². The molecule has 1 saturated heterocycles. The average molecular weight is 603 g/mol. The lowest BCUT2D eigenvalue weighted by Crippen LogP contribution is -2.40. The second-order valence-corrected chi connectivity index (χ2v) is 12.3. The molecule has 1 amide bonds. The summed E-state index contributed by atoms with van der Waals surface area (Å²) in [6.45, 7) is 5.99. The van der Waals surface area contributed by atoms with Crippen LogP contribution in [-0.2, 0) is 9.53 Å². The number of carboxylic acids is 1. The number of aliphatic carboxylic acids is 1. The minimum absolute atomic E-state index is 0.0281. The van der Waals surface area contributed by atoms with Gasteiger partial charge in [0.2, 0.25) is 0 Å². The smallest absolute Gasteiger partial charge is 0.309 e. The van der Waals surface area contributed by atoms with Crippen LogP contribution in [0.5, 0.6) is 6.01 Å². The van der Waals surface area contributed by atoms with Crippen molar-refractivity contribution in [2.45, 2.75) is 45.6 Å². The Kier molecular flexibility index (Phi) is 8.11. The summed E-state index contributed by atoms with van der Waals surface area (Å²) in [6.07, 6.45) is 3.11. The molecule has 2 aromatic carbocycles. The highest BCUT2D eigenvalue weighted by Crippen LogP contribution is 2.39. The van der Waals surface area contributed by atoms with Gasteiger partial charge in [-0.05, 0) is 74.8 Å². The quantitative estimate of drug-likeness (QED) is 0.249. The largest absolute Gasteiger partial charge is 0.481 e. The summed E-state index contributed by atoms with van der Waals surface area (Å²) in [6, 6.07) is 17.8. The summed E-state index contributed by atoms with van der Waals surface area (Å²) in [7, 11) is 0. The van der Waals surface area contributed by atoms with E-state index in [1.54, 1.807) is 13.8 Å². The number of halogens is 1. The van der Waals surface area contributed by atoms with Gasteiger partial charge in [-0.25, -0.2) is 4.98 Å². The Morgan fingerprint density at radius 3 is 2.19 bits per heavy atom. The van der Waals surface area contributed by atoms with Crippen molar-refractivity contribution >= 4 is 34.6 Å². The number of nitrogens with zero attached hydrogens (tertiary/aromatic N) is 3. The number of hydrogen-bond acceptors (Lipinski definition) is 6. The number of rotatable bonds is 7. The van der Waals surface area contributed by atoms with Crippen LogP contribution < -0.4 is 4.74 Å². The van der Waals surface area contributed by atoms with Crippen molar-refractivity contribution in [1.82, 2.24) is 19.9 Å². The van der Waals surface area contributed by atoms with Crippen LogP contribution in [-0.4, -0.2) is 69.2 Å². The molecule has 1 saturated carbocycles. The van der Waals surface area contributed by atoms with E-state index in [4.69, 9.17) is 26.1 Å². The topological polar surface area (TPSA) is 118 Å². The molecule has 9 nitrogen and oxygen atoms in total. The van der Waals surface area contributed by atoms with Crippen LogP contribution in [0, 0.1) is 11.3 Å². The Bertz CT molecular complexity index is 1620. The maximum Gasteiger partial charge on any atom is 0.309 e. The third-order valence-corrected chi connectivity index (χ3v) is 9.14. The van der Waals surface area contributed by atoms with Gasteiger partial charge in [0.1, 0.15) is 6.10 Å². The van der Waals surface area contributed by atoms with Crippen molar-refractivity contribution in [1.29, 1.82) is 0 Å². The first-order valence-electron chi connectivity index (χ1n) is 14.7. The van der Waals surface area contributed by atoms with Gasteiger partial charge in [0.05, 0.1) is 34.9 Å². The highest BCUT2D eigenvalue weighted by atomic mass is 35.5. The molecule has 224 valence electrons. The number of pyridine rings is 1. The number of fused-ring (bicyclic) bond motifs is 1. The zero-order chi connectivity index (χ0) is 30.1.